The maximum atomic E-state index is 11.6. The molecular formula is C16H21NO5. The maximum absolute atomic E-state index is 11.6. The Kier molecular flexibility index (Phi) is 6.75. The van der Waals surface area contributed by atoms with Gasteiger partial charge in [-0.15, -0.1) is 0 Å². The summed E-state index contributed by atoms with van der Waals surface area (Å²) in [4.78, 5) is 23.1. The number of ether oxygens (including phenoxy) is 1. The van der Waals surface area contributed by atoms with Crippen LogP contribution in [0.25, 0.3) is 0 Å². The van der Waals surface area contributed by atoms with Gasteiger partial charge in [0, 0.05) is 17.7 Å². The Bertz CT molecular complexity index is 525. The normalized spacial score (nSPS) is 12.9. The summed E-state index contributed by atoms with van der Waals surface area (Å²) < 4.78 is 4.98. The smallest absolute Gasteiger partial charge is 0.332 e. The largest absolute Gasteiger partial charge is 0.458 e. The predicted octanol–water partition coefficient (Wildman–Crippen LogP) is 0.739. The van der Waals surface area contributed by atoms with Crippen molar-refractivity contribution in [1.29, 1.82) is 0 Å². The average Bonchev–Trinajstić information content (AvgIpc) is 2.53. The van der Waals surface area contributed by atoms with Crippen molar-refractivity contribution in [3.05, 3.63) is 48.2 Å². The lowest BCUT2D eigenvalue weighted by Gasteiger charge is -2.26. The number of hydrogen-bond donors (Lipinski definition) is 3. The molecule has 0 aliphatic carbocycles. The molecule has 0 saturated heterocycles. The summed E-state index contributed by atoms with van der Waals surface area (Å²) in [5, 5.41) is 21.1. The van der Waals surface area contributed by atoms with Crippen LogP contribution in [0, 0.1) is 5.41 Å². The van der Waals surface area contributed by atoms with Gasteiger partial charge in [0.25, 0.3) is 5.91 Å². The molecule has 0 aromatic heterocycles. The second kappa shape index (κ2) is 8.31. The summed E-state index contributed by atoms with van der Waals surface area (Å²) in [5.74, 6) is -1.31. The second-order valence-electron chi connectivity index (χ2n) is 5.48. The van der Waals surface area contributed by atoms with Crippen molar-refractivity contribution in [3.8, 4) is 0 Å². The van der Waals surface area contributed by atoms with E-state index in [1.807, 2.05) is 30.3 Å². The molecule has 0 aliphatic rings. The maximum Gasteiger partial charge on any atom is 0.332 e. The number of carbonyl (C=O) groups excluding carboxylic acids is 2. The van der Waals surface area contributed by atoms with Crippen LogP contribution in [-0.4, -0.2) is 34.8 Å². The minimum absolute atomic E-state index is 0.137. The van der Waals surface area contributed by atoms with Gasteiger partial charge in [0.05, 0.1) is 6.61 Å². The lowest BCUT2D eigenvalue weighted by Crippen LogP contribution is -2.44. The number of aliphatic hydroxyl groups is 2. The third-order valence-corrected chi connectivity index (χ3v) is 3.07. The van der Waals surface area contributed by atoms with Crippen molar-refractivity contribution in [2.24, 2.45) is 5.41 Å². The first kappa shape index (κ1) is 17.9. The van der Waals surface area contributed by atoms with Gasteiger partial charge < -0.3 is 20.3 Å². The Labute approximate surface area is 129 Å². The molecule has 1 aromatic carbocycles. The Morgan fingerprint density at radius 3 is 2.55 bits per heavy atom. The van der Waals surface area contributed by atoms with Crippen LogP contribution in [0.5, 0.6) is 0 Å². The highest BCUT2D eigenvalue weighted by molar-refractivity contribution is 5.85. The Morgan fingerprint density at radius 1 is 1.32 bits per heavy atom. The molecule has 0 unspecified atom stereocenters. The van der Waals surface area contributed by atoms with Crippen LogP contribution in [0.1, 0.15) is 19.4 Å². The van der Waals surface area contributed by atoms with Gasteiger partial charge in [-0.05, 0) is 5.56 Å². The zero-order valence-corrected chi connectivity index (χ0v) is 12.7. The van der Waals surface area contributed by atoms with Crippen LogP contribution in [0.15, 0.2) is 42.6 Å². The molecule has 1 amide bonds. The topological polar surface area (TPSA) is 95.9 Å². The third kappa shape index (κ3) is 5.67. The number of esters is 1. The number of amides is 1. The lowest BCUT2D eigenvalue weighted by atomic mass is 9.87. The number of rotatable bonds is 7. The van der Waals surface area contributed by atoms with Crippen molar-refractivity contribution in [2.45, 2.75) is 26.6 Å². The molecule has 0 spiro atoms. The first-order valence-electron chi connectivity index (χ1n) is 6.83. The third-order valence-electron chi connectivity index (χ3n) is 3.07. The molecule has 0 saturated carbocycles. The van der Waals surface area contributed by atoms with Crippen LogP contribution < -0.4 is 5.32 Å². The van der Waals surface area contributed by atoms with Gasteiger partial charge >= 0.3 is 5.97 Å². The van der Waals surface area contributed by atoms with Gasteiger partial charge in [-0.3, -0.25) is 4.79 Å². The van der Waals surface area contributed by atoms with Gasteiger partial charge in [0.1, 0.15) is 12.7 Å². The van der Waals surface area contributed by atoms with Crippen molar-refractivity contribution >= 4 is 11.9 Å². The molecule has 0 heterocycles. The van der Waals surface area contributed by atoms with E-state index in [0.29, 0.717) is 0 Å². The van der Waals surface area contributed by atoms with Gasteiger partial charge in [-0.1, -0.05) is 44.2 Å². The first-order valence-corrected chi connectivity index (χ1v) is 6.83. The van der Waals surface area contributed by atoms with E-state index >= 15 is 0 Å². The number of benzene rings is 1. The zero-order chi connectivity index (χ0) is 16.6. The highest BCUT2D eigenvalue weighted by Crippen LogP contribution is 2.19. The second-order valence-corrected chi connectivity index (χ2v) is 5.48. The van der Waals surface area contributed by atoms with Crippen LogP contribution in [0.2, 0.25) is 0 Å². The summed E-state index contributed by atoms with van der Waals surface area (Å²) in [6.45, 7) is 2.90. The number of carbonyl (C=O) groups is 2. The first-order chi connectivity index (χ1) is 10.4. The van der Waals surface area contributed by atoms with E-state index < -0.39 is 23.4 Å². The summed E-state index contributed by atoms with van der Waals surface area (Å²) in [5.41, 5.74) is -0.112. The lowest BCUT2D eigenvalue weighted by molar-refractivity contribution is -0.139. The quantitative estimate of drug-likeness (QED) is 0.510. The summed E-state index contributed by atoms with van der Waals surface area (Å²) in [6.07, 6.45) is 0.772. The fourth-order valence-corrected chi connectivity index (χ4v) is 1.49. The number of hydrogen-bond acceptors (Lipinski definition) is 5. The Balaban J connectivity index is 2.39. The van der Waals surface area contributed by atoms with Crippen molar-refractivity contribution in [2.75, 3.05) is 6.61 Å². The van der Waals surface area contributed by atoms with E-state index in [1.165, 1.54) is 0 Å². The van der Waals surface area contributed by atoms with Gasteiger partial charge in [-0.2, -0.15) is 0 Å². The minimum atomic E-state index is -1.39. The fraction of sp³-hybridized carbons (Fsp3) is 0.375. The van der Waals surface area contributed by atoms with E-state index in [1.54, 1.807) is 13.8 Å². The zero-order valence-electron chi connectivity index (χ0n) is 12.7. The van der Waals surface area contributed by atoms with Gasteiger partial charge in [-0.25, -0.2) is 4.79 Å². The molecule has 0 bridgehead atoms. The molecular weight excluding hydrogens is 286 g/mol. The molecule has 120 valence electrons. The average molecular weight is 307 g/mol. The standard InChI is InChI=1S/C16H21NO5/c1-16(2,11-18)14(20)15(21)17-9-8-13(19)22-10-12-6-4-3-5-7-12/h3-9,14,18,20H,10-11H2,1-2H3,(H,17,21)/b9-8-/t14-/m0/s1. The van der Waals surface area contributed by atoms with Crippen molar-refractivity contribution in [3.63, 3.8) is 0 Å². The molecule has 1 aromatic rings. The monoisotopic (exact) mass is 307 g/mol. The molecule has 6 heteroatoms. The van der Waals surface area contributed by atoms with E-state index in [9.17, 15) is 14.7 Å². The van der Waals surface area contributed by atoms with Crippen molar-refractivity contribution in [1.82, 2.24) is 5.32 Å². The highest BCUT2D eigenvalue weighted by atomic mass is 16.5. The summed E-state index contributed by atoms with van der Waals surface area (Å²) in [7, 11) is 0. The van der Waals surface area contributed by atoms with E-state index in [-0.39, 0.29) is 13.2 Å². The molecule has 3 N–H and O–H groups in total. The minimum Gasteiger partial charge on any atom is -0.458 e. The van der Waals surface area contributed by atoms with Gasteiger partial charge in [0.2, 0.25) is 0 Å². The highest BCUT2D eigenvalue weighted by Gasteiger charge is 2.32. The van der Waals surface area contributed by atoms with E-state index in [0.717, 1.165) is 17.8 Å². The molecule has 1 atom stereocenters. The number of aliphatic hydroxyl groups excluding tert-OH is 2. The van der Waals surface area contributed by atoms with Gasteiger partial charge in [0.15, 0.2) is 0 Å². The Hall–Kier alpha value is -2.18. The van der Waals surface area contributed by atoms with Crippen molar-refractivity contribution < 1.29 is 24.5 Å². The molecule has 0 radical (unpaired) electrons. The molecule has 6 nitrogen and oxygen atoms in total. The molecule has 22 heavy (non-hydrogen) atoms. The van der Waals surface area contributed by atoms with Crippen LogP contribution >= 0.6 is 0 Å². The molecule has 1 rings (SSSR count). The van der Waals surface area contributed by atoms with Crippen LogP contribution in [0.3, 0.4) is 0 Å². The summed E-state index contributed by atoms with van der Waals surface area (Å²) >= 11 is 0. The summed E-state index contributed by atoms with van der Waals surface area (Å²) in [6, 6.07) is 9.19. The predicted molar refractivity (Wildman–Crippen MR) is 80.4 cm³/mol. The SMILES string of the molecule is CC(C)(CO)[C@@H](O)C(=O)N/C=C\C(=O)OCc1ccccc1. The van der Waals surface area contributed by atoms with E-state index in [2.05, 4.69) is 5.32 Å². The fourth-order valence-electron chi connectivity index (χ4n) is 1.49. The number of nitrogens with one attached hydrogen (secondary N) is 1. The molecule has 0 aliphatic heterocycles. The van der Waals surface area contributed by atoms with E-state index in [4.69, 9.17) is 9.84 Å². The Morgan fingerprint density at radius 2 is 1.95 bits per heavy atom. The van der Waals surface area contributed by atoms with Crippen LogP contribution in [-0.2, 0) is 20.9 Å². The molecule has 0 fully saturated rings. The van der Waals surface area contributed by atoms with Crippen LogP contribution in [0.4, 0.5) is 0 Å².